The van der Waals surface area contributed by atoms with Gasteiger partial charge in [-0.2, -0.15) is 0 Å². The lowest BCUT2D eigenvalue weighted by Gasteiger charge is -2.68. The number of fused-ring (bicyclic) bond motifs is 4. The van der Waals surface area contributed by atoms with E-state index in [-0.39, 0.29) is 51.4 Å². The summed E-state index contributed by atoms with van der Waals surface area (Å²) in [7, 11) is 0. The quantitative estimate of drug-likeness (QED) is 0.360. The van der Waals surface area contributed by atoms with Crippen LogP contribution in [0.1, 0.15) is 85.5 Å². The van der Waals surface area contributed by atoms with Crippen molar-refractivity contribution in [1.29, 1.82) is 0 Å². The highest BCUT2D eigenvalue weighted by atomic mass is 16.4. The number of rotatable bonds is 3. The van der Waals surface area contributed by atoms with Crippen molar-refractivity contribution in [2.75, 3.05) is 6.61 Å². The summed E-state index contributed by atoms with van der Waals surface area (Å²) in [6, 6.07) is 0. The largest absolute Gasteiger partial charge is 0.481 e. The molecule has 5 saturated carbocycles. The van der Waals surface area contributed by atoms with E-state index in [1.54, 1.807) is 6.92 Å². The maximum Gasteiger partial charge on any atom is 0.312 e. The van der Waals surface area contributed by atoms with E-state index in [0.29, 0.717) is 38.5 Å². The SMILES string of the molecule is C[C@@]1(CO)CC[C@]2(C(=O)O)[C@H](O)C[C@]34C[C@@]3(C=C[C@@H]3[C@@]5(C)CC[C@@H](O)[C@](C)(C(=O)O)[C@@H]5CC[C@]34C)[C@@H]2C1. The minimum absolute atomic E-state index is 0.0117. The van der Waals surface area contributed by atoms with E-state index in [1.165, 1.54) is 0 Å². The van der Waals surface area contributed by atoms with Crippen LogP contribution in [0.4, 0.5) is 0 Å². The number of carboxylic acid groups (broad SMARTS) is 2. The molecular weight excluding hydrogens is 472 g/mol. The predicted molar refractivity (Wildman–Crippen MR) is 135 cm³/mol. The fraction of sp³-hybridized carbons (Fsp3) is 0.867. The molecule has 0 saturated heterocycles. The van der Waals surface area contributed by atoms with Crippen LogP contribution in [0.5, 0.6) is 0 Å². The number of carboxylic acids is 2. The molecule has 37 heavy (non-hydrogen) atoms. The first-order chi connectivity index (χ1) is 17.1. The second-order valence-corrected chi connectivity index (χ2v) is 15.1. The molecule has 0 spiro atoms. The maximum atomic E-state index is 12.9. The zero-order valence-electron chi connectivity index (χ0n) is 22.7. The lowest BCUT2D eigenvalue weighted by molar-refractivity contribution is -0.222. The first-order valence-corrected chi connectivity index (χ1v) is 14.3. The fourth-order valence-electron chi connectivity index (χ4n) is 11.7. The van der Waals surface area contributed by atoms with Crippen molar-refractivity contribution in [3.05, 3.63) is 12.2 Å². The van der Waals surface area contributed by atoms with Crippen molar-refractivity contribution in [3.63, 3.8) is 0 Å². The molecule has 206 valence electrons. The summed E-state index contributed by atoms with van der Waals surface area (Å²) in [6.45, 7) is 8.32. The second-order valence-electron chi connectivity index (χ2n) is 15.1. The summed E-state index contributed by atoms with van der Waals surface area (Å²) in [5.41, 5.74) is -3.82. The van der Waals surface area contributed by atoms with Crippen molar-refractivity contribution in [2.24, 2.45) is 55.7 Å². The van der Waals surface area contributed by atoms with Crippen LogP contribution < -0.4 is 0 Å². The monoisotopic (exact) mass is 516 g/mol. The van der Waals surface area contributed by atoms with E-state index in [0.717, 1.165) is 19.3 Å². The van der Waals surface area contributed by atoms with Gasteiger partial charge in [0.05, 0.1) is 23.0 Å². The highest BCUT2D eigenvalue weighted by Gasteiger charge is 2.86. The topological polar surface area (TPSA) is 135 Å². The van der Waals surface area contributed by atoms with Crippen LogP contribution in [0.2, 0.25) is 0 Å². The van der Waals surface area contributed by atoms with Gasteiger partial charge in [-0.1, -0.05) is 32.9 Å². The zero-order chi connectivity index (χ0) is 27.0. The van der Waals surface area contributed by atoms with E-state index in [9.17, 15) is 35.1 Å². The Morgan fingerprint density at radius 2 is 1.57 bits per heavy atom. The molecular formula is C30H44O7. The average molecular weight is 517 g/mol. The molecule has 6 rings (SSSR count). The molecule has 6 aliphatic rings. The highest BCUT2D eigenvalue weighted by molar-refractivity contribution is 5.78. The van der Waals surface area contributed by atoms with Crippen LogP contribution in [0.25, 0.3) is 0 Å². The summed E-state index contributed by atoms with van der Waals surface area (Å²) >= 11 is 0. The Morgan fingerprint density at radius 1 is 0.865 bits per heavy atom. The number of allylic oxidation sites excluding steroid dienone is 2. The van der Waals surface area contributed by atoms with E-state index in [2.05, 4.69) is 26.0 Å². The molecule has 0 heterocycles. The molecule has 6 aliphatic carbocycles. The third kappa shape index (κ3) is 2.61. The standard InChI is InChI=1S/C30H44O7/c1-24(16-31)11-12-30(23(36)37)19(13-24)28-10-6-17-25(2)8-7-20(32)27(4,22(34)35)18(25)5-9-26(17,3)29(28,15-28)14-21(30)33/h6,10,17-21,31-33H,5,7-9,11-16H2,1-4H3,(H,34,35)(H,36,37)/t17-,18-,19+,20-,21-,24-,25-,26-,27-,28+,29-,30-/m1/s1. The molecule has 0 aromatic heterocycles. The van der Waals surface area contributed by atoms with Gasteiger partial charge in [-0.25, -0.2) is 0 Å². The van der Waals surface area contributed by atoms with E-state index < -0.39 is 35.0 Å². The Hall–Kier alpha value is -1.44. The molecule has 7 nitrogen and oxygen atoms in total. The minimum atomic E-state index is -1.20. The summed E-state index contributed by atoms with van der Waals surface area (Å²) in [5, 5.41) is 53.6. The van der Waals surface area contributed by atoms with Crippen molar-refractivity contribution in [2.45, 2.75) is 97.7 Å². The van der Waals surface area contributed by atoms with Crippen LogP contribution in [0.3, 0.4) is 0 Å². The lowest BCUT2D eigenvalue weighted by Crippen LogP contribution is -2.67. The minimum Gasteiger partial charge on any atom is -0.481 e. The molecule has 12 atom stereocenters. The van der Waals surface area contributed by atoms with Gasteiger partial charge < -0.3 is 25.5 Å². The van der Waals surface area contributed by atoms with Crippen molar-refractivity contribution < 1.29 is 35.1 Å². The summed E-state index contributed by atoms with van der Waals surface area (Å²) < 4.78 is 0. The molecule has 0 unspecified atom stereocenters. The van der Waals surface area contributed by atoms with Crippen molar-refractivity contribution in [3.8, 4) is 0 Å². The Bertz CT molecular complexity index is 1090. The molecule has 0 amide bonds. The smallest absolute Gasteiger partial charge is 0.312 e. The summed E-state index contributed by atoms with van der Waals surface area (Å²) in [4.78, 5) is 25.4. The van der Waals surface area contributed by atoms with Gasteiger partial charge in [0.2, 0.25) is 0 Å². The van der Waals surface area contributed by atoms with Gasteiger partial charge in [-0.3, -0.25) is 9.59 Å². The Labute approximate surface area is 219 Å². The third-order valence-electron chi connectivity index (χ3n) is 14.0. The van der Waals surface area contributed by atoms with Crippen LogP contribution in [0, 0.1) is 55.7 Å². The molecule has 0 radical (unpaired) electrons. The van der Waals surface area contributed by atoms with Crippen LogP contribution >= 0.6 is 0 Å². The van der Waals surface area contributed by atoms with Crippen molar-refractivity contribution >= 4 is 11.9 Å². The van der Waals surface area contributed by atoms with E-state index in [1.807, 2.05) is 6.92 Å². The molecule has 5 fully saturated rings. The van der Waals surface area contributed by atoms with E-state index in [4.69, 9.17) is 0 Å². The number of hydrogen-bond donors (Lipinski definition) is 5. The van der Waals surface area contributed by atoms with Crippen LogP contribution in [-0.4, -0.2) is 56.3 Å². The lowest BCUT2D eigenvalue weighted by atomic mass is 9.36. The molecule has 0 bridgehead atoms. The Morgan fingerprint density at radius 3 is 2.19 bits per heavy atom. The van der Waals surface area contributed by atoms with Gasteiger partial charge in [0.25, 0.3) is 0 Å². The molecule has 7 heteroatoms. The highest BCUT2D eigenvalue weighted by Crippen LogP contribution is 2.89. The number of aliphatic hydroxyl groups is 3. The second kappa shape index (κ2) is 7.19. The van der Waals surface area contributed by atoms with Crippen molar-refractivity contribution in [1.82, 2.24) is 0 Å². The Kier molecular flexibility index (Phi) is 5.02. The third-order valence-corrected chi connectivity index (χ3v) is 14.0. The zero-order valence-corrected chi connectivity index (χ0v) is 22.7. The number of aliphatic carboxylic acids is 2. The molecule has 5 N–H and O–H groups in total. The maximum absolute atomic E-state index is 12.9. The molecule has 0 aliphatic heterocycles. The molecule has 0 aromatic rings. The van der Waals surface area contributed by atoms with Crippen LogP contribution in [-0.2, 0) is 9.59 Å². The summed E-state index contributed by atoms with van der Waals surface area (Å²) in [5.74, 6) is -2.15. The Balaban J connectivity index is 1.48. The van der Waals surface area contributed by atoms with Gasteiger partial charge in [0.15, 0.2) is 0 Å². The number of hydrogen-bond acceptors (Lipinski definition) is 5. The molecule has 0 aromatic carbocycles. The number of carbonyl (C=O) groups is 2. The van der Waals surface area contributed by atoms with Gasteiger partial charge in [-0.05, 0) is 110 Å². The summed E-state index contributed by atoms with van der Waals surface area (Å²) in [6.07, 6.45) is 8.35. The first kappa shape index (κ1) is 25.8. The fourth-order valence-corrected chi connectivity index (χ4v) is 11.7. The van der Waals surface area contributed by atoms with Gasteiger partial charge >= 0.3 is 11.9 Å². The first-order valence-electron chi connectivity index (χ1n) is 14.3. The van der Waals surface area contributed by atoms with Gasteiger partial charge in [0.1, 0.15) is 0 Å². The normalized spacial score (nSPS) is 59.7. The number of aliphatic hydroxyl groups excluding tert-OH is 3. The predicted octanol–water partition coefficient (Wildman–Crippen LogP) is 3.85. The van der Waals surface area contributed by atoms with Gasteiger partial charge in [-0.15, -0.1) is 0 Å². The van der Waals surface area contributed by atoms with E-state index >= 15 is 0 Å². The van der Waals surface area contributed by atoms with Crippen LogP contribution in [0.15, 0.2) is 12.2 Å². The average Bonchev–Trinajstić information content (AvgIpc) is 3.53. The van der Waals surface area contributed by atoms with Gasteiger partial charge in [0, 0.05) is 6.61 Å².